The lowest BCUT2D eigenvalue weighted by molar-refractivity contribution is -0.141. The Hall–Kier alpha value is -4.26. The van der Waals surface area contributed by atoms with Crippen LogP contribution >= 0.6 is 11.6 Å². The van der Waals surface area contributed by atoms with E-state index in [4.69, 9.17) is 21.1 Å². The van der Waals surface area contributed by atoms with Crippen LogP contribution in [0.15, 0.2) is 55.8 Å². The summed E-state index contributed by atoms with van der Waals surface area (Å²) in [6.07, 6.45) is 2.98. The van der Waals surface area contributed by atoms with E-state index in [-0.39, 0.29) is 59.0 Å². The van der Waals surface area contributed by atoms with Crippen molar-refractivity contribution in [1.29, 1.82) is 0 Å². The van der Waals surface area contributed by atoms with Crippen molar-refractivity contribution >= 4 is 34.4 Å². The molecule has 1 aliphatic carbocycles. The molecular formula is C32H36ClF3N6O4. The number of hydrogen-bond acceptors (Lipinski definition) is 6. The third-order valence-corrected chi connectivity index (χ3v) is 8.61. The third-order valence-electron chi connectivity index (χ3n) is 8.25. The van der Waals surface area contributed by atoms with Crippen LogP contribution in [0.3, 0.4) is 0 Å². The lowest BCUT2D eigenvalue weighted by atomic mass is 10.1. The number of unbranched alkanes of at least 4 members (excludes halogenated alkanes) is 2. The van der Waals surface area contributed by atoms with Crippen molar-refractivity contribution in [2.45, 2.75) is 56.5 Å². The number of likely N-dealkylation sites (N-methyl/N-ethyl adjacent to an activating group) is 1. The first-order valence-electron chi connectivity index (χ1n) is 15.0. The Labute approximate surface area is 269 Å². The summed E-state index contributed by atoms with van der Waals surface area (Å²) < 4.78 is 52.8. The average Bonchev–Trinajstić information content (AvgIpc) is 3.38. The standard InChI is InChI=1S/C32H36ClF3N6O4/c1-5-7-8-9-13-40(3)30(43)23-16-20(18-41(23)31(44)37-22-15-19(22)6-2)46-25-17-27(42-14-12-26(39-42)32(34,35)36)38-29-21(25)10-11-24(45-4)28(29)33/h5-6,10-12,14,17,19-20,22-23H,1-2,7-9,13,15-16,18H2,3-4H3,(H,37,44)/t19-,20+,22-,23+/m1/s1. The molecule has 3 heterocycles. The highest BCUT2D eigenvalue weighted by atomic mass is 35.5. The number of nitrogens with one attached hydrogen (secondary N) is 1. The number of benzene rings is 1. The molecule has 2 aliphatic rings. The number of aromatic nitrogens is 3. The number of ether oxygens (including phenoxy) is 2. The minimum Gasteiger partial charge on any atom is -0.495 e. The number of methoxy groups -OCH3 is 1. The Balaban J connectivity index is 1.45. The summed E-state index contributed by atoms with van der Waals surface area (Å²) in [6.45, 7) is 8.15. The highest BCUT2D eigenvalue weighted by molar-refractivity contribution is 6.36. The maximum atomic E-state index is 13.7. The summed E-state index contributed by atoms with van der Waals surface area (Å²) in [7, 11) is 3.15. The SMILES string of the molecule is C=CCCCCN(C)C(=O)[C@@H]1C[C@H](Oc2cc(-n3ccc(C(F)(F)F)n3)nc3c(Cl)c(OC)ccc23)CN1C(=O)N[C@@H]1C[C@H]1C=C. The number of pyridine rings is 1. The van der Waals surface area contributed by atoms with Gasteiger partial charge in [0.05, 0.1) is 19.2 Å². The molecule has 5 rings (SSSR count). The summed E-state index contributed by atoms with van der Waals surface area (Å²) in [5, 5.41) is 7.25. The topological polar surface area (TPSA) is 102 Å². The van der Waals surface area contributed by atoms with Gasteiger partial charge in [0.2, 0.25) is 5.91 Å². The van der Waals surface area contributed by atoms with Crippen LogP contribution in [0.25, 0.3) is 16.7 Å². The summed E-state index contributed by atoms with van der Waals surface area (Å²) in [5.41, 5.74) is -0.864. The van der Waals surface area contributed by atoms with Crippen LogP contribution < -0.4 is 14.8 Å². The van der Waals surface area contributed by atoms with E-state index in [2.05, 4.69) is 28.6 Å². The van der Waals surface area contributed by atoms with E-state index in [0.717, 1.165) is 42.6 Å². The largest absolute Gasteiger partial charge is 0.495 e. The fraction of sp³-hybridized carbons (Fsp3) is 0.438. The molecule has 0 spiro atoms. The molecule has 4 atom stereocenters. The zero-order valence-electron chi connectivity index (χ0n) is 25.6. The lowest BCUT2D eigenvalue weighted by Gasteiger charge is -2.28. The van der Waals surface area contributed by atoms with Crippen LogP contribution in [0.5, 0.6) is 11.5 Å². The predicted octanol–water partition coefficient (Wildman–Crippen LogP) is 6.02. The molecule has 14 heteroatoms. The predicted molar refractivity (Wildman–Crippen MR) is 167 cm³/mol. The van der Waals surface area contributed by atoms with Crippen molar-refractivity contribution in [1.82, 2.24) is 29.9 Å². The highest BCUT2D eigenvalue weighted by Gasteiger charge is 2.44. The number of amides is 3. The molecule has 10 nitrogen and oxygen atoms in total. The molecule has 46 heavy (non-hydrogen) atoms. The smallest absolute Gasteiger partial charge is 0.435 e. The second-order valence-electron chi connectivity index (χ2n) is 11.5. The zero-order chi connectivity index (χ0) is 33.2. The van der Waals surface area contributed by atoms with Gasteiger partial charge in [-0.3, -0.25) is 4.79 Å². The molecule has 1 saturated carbocycles. The van der Waals surface area contributed by atoms with Gasteiger partial charge in [-0.1, -0.05) is 23.8 Å². The van der Waals surface area contributed by atoms with Gasteiger partial charge in [0, 0.05) is 43.7 Å². The van der Waals surface area contributed by atoms with Crippen molar-refractivity contribution in [3.8, 4) is 17.3 Å². The second kappa shape index (κ2) is 13.6. The normalized spacial score (nSPS) is 20.8. The zero-order valence-corrected chi connectivity index (χ0v) is 26.4. The number of hydrogen-bond donors (Lipinski definition) is 1. The first-order chi connectivity index (χ1) is 21.9. The van der Waals surface area contributed by atoms with Crippen LogP contribution in [-0.4, -0.2) is 81.9 Å². The number of allylic oxidation sites excluding steroid dienone is 1. The molecule has 3 amide bonds. The lowest BCUT2D eigenvalue weighted by Crippen LogP contribution is -2.50. The van der Waals surface area contributed by atoms with Gasteiger partial charge in [-0.2, -0.15) is 18.3 Å². The van der Waals surface area contributed by atoms with E-state index in [0.29, 0.717) is 17.7 Å². The van der Waals surface area contributed by atoms with Crippen molar-refractivity contribution < 1.29 is 32.2 Å². The molecule has 246 valence electrons. The Bertz CT molecular complexity index is 1630. The van der Waals surface area contributed by atoms with Gasteiger partial charge in [-0.15, -0.1) is 13.2 Å². The third kappa shape index (κ3) is 7.09. The number of likely N-dealkylation sites (tertiary alicyclic amines) is 1. The van der Waals surface area contributed by atoms with Gasteiger partial charge < -0.3 is 24.6 Å². The Morgan fingerprint density at radius 3 is 2.63 bits per heavy atom. The van der Waals surface area contributed by atoms with Gasteiger partial charge >= 0.3 is 12.2 Å². The number of alkyl halides is 3. The van der Waals surface area contributed by atoms with Crippen LogP contribution in [0, 0.1) is 5.92 Å². The van der Waals surface area contributed by atoms with Gasteiger partial charge in [0.1, 0.15) is 28.7 Å². The Kier molecular flexibility index (Phi) is 9.80. The van der Waals surface area contributed by atoms with E-state index < -0.39 is 24.0 Å². The van der Waals surface area contributed by atoms with E-state index in [9.17, 15) is 22.8 Å². The number of urea groups is 1. The van der Waals surface area contributed by atoms with Crippen LogP contribution in [-0.2, 0) is 11.0 Å². The first-order valence-corrected chi connectivity index (χ1v) is 15.4. The van der Waals surface area contributed by atoms with Gasteiger partial charge in [0.25, 0.3) is 0 Å². The van der Waals surface area contributed by atoms with E-state index in [1.54, 1.807) is 30.2 Å². The van der Waals surface area contributed by atoms with E-state index in [1.165, 1.54) is 18.1 Å². The molecule has 1 N–H and O–H groups in total. The van der Waals surface area contributed by atoms with Crippen LogP contribution in [0.1, 0.15) is 37.8 Å². The van der Waals surface area contributed by atoms with E-state index >= 15 is 0 Å². The summed E-state index contributed by atoms with van der Waals surface area (Å²) in [6, 6.07) is 4.41. The molecule has 0 bridgehead atoms. The molecule has 1 saturated heterocycles. The second-order valence-corrected chi connectivity index (χ2v) is 11.9. The molecular weight excluding hydrogens is 625 g/mol. The number of rotatable bonds is 12. The van der Waals surface area contributed by atoms with Crippen molar-refractivity contribution in [2.24, 2.45) is 5.92 Å². The number of fused-ring (bicyclic) bond motifs is 1. The van der Waals surface area contributed by atoms with Gasteiger partial charge in [-0.05, 0) is 49.8 Å². The van der Waals surface area contributed by atoms with Crippen molar-refractivity contribution in [3.63, 3.8) is 0 Å². The fourth-order valence-corrected chi connectivity index (χ4v) is 5.86. The number of carbonyl (C=O) groups is 2. The van der Waals surface area contributed by atoms with Gasteiger partial charge in [0.15, 0.2) is 11.5 Å². The number of carbonyl (C=O) groups excluding carboxylic acids is 2. The maximum Gasteiger partial charge on any atom is 0.435 e. The maximum absolute atomic E-state index is 13.7. The van der Waals surface area contributed by atoms with Crippen molar-refractivity contribution in [3.05, 3.63) is 66.5 Å². The van der Waals surface area contributed by atoms with E-state index in [1.807, 2.05) is 6.08 Å². The first kappa shape index (κ1) is 33.1. The number of nitrogens with zero attached hydrogens (tertiary/aromatic N) is 5. The molecule has 0 unspecified atom stereocenters. The van der Waals surface area contributed by atoms with Crippen LogP contribution in [0.4, 0.5) is 18.0 Å². The summed E-state index contributed by atoms with van der Waals surface area (Å²) >= 11 is 6.59. The Morgan fingerprint density at radius 1 is 1.20 bits per heavy atom. The fourth-order valence-electron chi connectivity index (χ4n) is 5.58. The van der Waals surface area contributed by atoms with Crippen molar-refractivity contribution in [2.75, 3.05) is 27.2 Å². The Morgan fingerprint density at radius 2 is 1.98 bits per heavy atom. The average molecular weight is 661 g/mol. The summed E-state index contributed by atoms with van der Waals surface area (Å²) in [4.78, 5) is 34.7. The highest BCUT2D eigenvalue weighted by Crippen LogP contribution is 2.39. The molecule has 3 aromatic rings. The minimum atomic E-state index is -4.65. The summed E-state index contributed by atoms with van der Waals surface area (Å²) in [5.74, 6) is 0.559. The quantitative estimate of drug-likeness (QED) is 0.188. The molecule has 0 radical (unpaired) electrons. The molecule has 2 aromatic heterocycles. The molecule has 2 fully saturated rings. The van der Waals surface area contributed by atoms with Crippen LogP contribution in [0.2, 0.25) is 5.02 Å². The minimum absolute atomic E-state index is 0.0248. The number of halogens is 4. The molecule has 1 aromatic carbocycles. The molecule has 1 aliphatic heterocycles. The van der Waals surface area contributed by atoms with Gasteiger partial charge in [-0.25, -0.2) is 14.5 Å². The monoisotopic (exact) mass is 660 g/mol.